The Morgan fingerprint density at radius 1 is 1.08 bits per heavy atom. The van der Waals surface area contributed by atoms with E-state index in [1.54, 1.807) is 20.8 Å². The zero-order valence-electron chi connectivity index (χ0n) is 25.6. The quantitative estimate of drug-likeness (QED) is 0.246. The van der Waals surface area contributed by atoms with Crippen molar-refractivity contribution in [2.75, 3.05) is 6.54 Å². The fourth-order valence-electron chi connectivity index (χ4n) is 6.60. The first-order valence-corrected chi connectivity index (χ1v) is 15.0. The summed E-state index contributed by atoms with van der Waals surface area (Å²) in [6, 6.07) is -1.00. The van der Waals surface area contributed by atoms with Crippen molar-refractivity contribution in [2.45, 2.75) is 137 Å². The van der Waals surface area contributed by atoms with Gasteiger partial charge < -0.3 is 30.0 Å². The molecule has 4 aliphatic rings. The third-order valence-electron chi connectivity index (χ3n) is 8.87. The summed E-state index contributed by atoms with van der Waals surface area (Å²) in [4.78, 5) is 38.6. The van der Waals surface area contributed by atoms with Gasteiger partial charge in [-0.25, -0.2) is 4.79 Å². The van der Waals surface area contributed by atoms with E-state index >= 15 is 0 Å². The highest BCUT2D eigenvalue weighted by Gasteiger charge is 2.68. The van der Waals surface area contributed by atoms with Crippen LogP contribution in [0.1, 0.15) is 107 Å². The maximum atomic E-state index is 13.6. The molecule has 0 aromatic carbocycles. The number of hydrogen-bond acceptors (Lipinski definition) is 6. The molecule has 0 spiro atoms. The largest absolute Gasteiger partial charge is 0.481 e. The summed E-state index contributed by atoms with van der Waals surface area (Å²) in [5, 5.41) is 8.57. The molecule has 4 rings (SSSR count). The van der Waals surface area contributed by atoms with Crippen LogP contribution >= 0.6 is 0 Å². The average Bonchev–Trinajstić information content (AvgIpc) is 3.17. The van der Waals surface area contributed by atoms with Crippen LogP contribution in [0, 0.1) is 23.2 Å². The van der Waals surface area contributed by atoms with Gasteiger partial charge in [0.15, 0.2) is 0 Å². The number of hydrogen-bond donors (Lipinski definition) is 3. The number of ether oxygens (including phenoxy) is 1. The second kappa shape index (κ2) is 12.4. The summed E-state index contributed by atoms with van der Waals surface area (Å²) >= 11 is 0. The number of unbranched alkanes of at least 4 members (excludes halogenated alkanes) is 2. The van der Waals surface area contributed by atoms with E-state index in [0.29, 0.717) is 24.7 Å². The van der Waals surface area contributed by atoms with Gasteiger partial charge in [-0.1, -0.05) is 47.5 Å². The summed E-state index contributed by atoms with van der Waals surface area (Å²) in [5.74, 6) is 0.370. The third kappa shape index (κ3) is 7.69. The van der Waals surface area contributed by atoms with Gasteiger partial charge in [0, 0.05) is 13.0 Å². The van der Waals surface area contributed by atoms with E-state index in [2.05, 4.69) is 57.5 Å². The van der Waals surface area contributed by atoms with Crippen LogP contribution in [0.15, 0.2) is 0 Å². The van der Waals surface area contributed by atoms with Gasteiger partial charge in [-0.3, -0.25) is 9.59 Å². The minimum absolute atomic E-state index is 0.00364. The van der Waals surface area contributed by atoms with Gasteiger partial charge >= 0.3 is 13.2 Å². The first-order chi connectivity index (χ1) is 18.1. The van der Waals surface area contributed by atoms with E-state index in [1.165, 1.54) is 0 Å². The van der Waals surface area contributed by atoms with Crippen LogP contribution in [0.4, 0.5) is 4.79 Å². The Bertz CT molecular complexity index is 891. The van der Waals surface area contributed by atoms with Crippen LogP contribution in [0.2, 0.25) is 0 Å². The van der Waals surface area contributed by atoms with Crippen LogP contribution in [0.3, 0.4) is 0 Å². The van der Waals surface area contributed by atoms with Crippen LogP contribution < -0.4 is 16.0 Å². The molecule has 3 N–H and O–H groups in total. The molecule has 10 heteroatoms. The fraction of sp³-hybridized carbons (Fsp3) is 0.897. The van der Waals surface area contributed by atoms with Crippen molar-refractivity contribution in [3.63, 3.8) is 0 Å². The summed E-state index contributed by atoms with van der Waals surface area (Å²) in [7, 11) is -0.577. The van der Waals surface area contributed by atoms with Gasteiger partial charge in [0.25, 0.3) is 0 Å². The Morgan fingerprint density at radius 2 is 1.77 bits per heavy atom. The summed E-state index contributed by atoms with van der Waals surface area (Å²) in [6.45, 7) is 18.3. The number of carbonyl (C=O) groups is 3. The van der Waals surface area contributed by atoms with E-state index < -0.39 is 36.7 Å². The minimum Gasteiger partial charge on any atom is -0.444 e. The number of nitrogens with one attached hydrogen (secondary N) is 3. The lowest BCUT2D eigenvalue weighted by molar-refractivity contribution is -0.199. The molecule has 6 atom stereocenters. The lowest BCUT2D eigenvalue weighted by Crippen LogP contribution is -2.65. The number of amides is 3. The molecule has 1 heterocycles. The Balaban J connectivity index is 1.70. The van der Waals surface area contributed by atoms with Crippen LogP contribution in [0.5, 0.6) is 0 Å². The molecule has 0 radical (unpaired) electrons. The van der Waals surface area contributed by atoms with Gasteiger partial charge in [-0.2, -0.15) is 0 Å². The van der Waals surface area contributed by atoms with E-state index in [-0.39, 0.29) is 35.5 Å². The first kappa shape index (κ1) is 31.7. The molecule has 222 valence electrons. The molecule has 0 aromatic heterocycles. The van der Waals surface area contributed by atoms with Crippen LogP contribution in [0.25, 0.3) is 0 Å². The molecule has 1 saturated heterocycles. The highest BCUT2D eigenvalue weighted by molar-refractivity contribution is 6.48. The zero-order valence-corrected chi connectivity index (χ0v) is 25.6. The predicted octanol–water partition coefficient (Wildman–Crippen LogP) is 4.37. The molecule has 2 bridgehead atoms. The molecule has 3 saturated carbocycles. The monoisotopic (exact) mass is 549 g/mol. The van der Waals surface area contributed by atoms with E-state index in [1.807, 2.05) is 0 Å². The zero-order chi connectivity index (χ0) is 29.2. The highest BCUT2D eigenvalue weighted by atomic mass is 16.7. The smallest absolute Gasteiger partial charge is 0.444 e. The van der Waals surface area contributed by atoms with Crippen molar-refractivity contribution in [1.29, 1.82) is 0 Å². The molecule has 4 fully saturated rings. The van der Waals surface area contributed by atoms with Crippen molar-refractivity contribution < 1.29 is 28.4 Å². The minimum atomic E-state index is -1.00. The van der Waals surface area contributed by atoms with Crippen molar-refractivity contribution >= 4 is 25.0 Å². The topological polar surface area (TPSA) is 115 Å². The van der Waals surface area contributed by atoms with Gasteiger partial charge in [-0.05, 0) is 76.5 Å². The van der Waals surface area contributed by atoms with Crippen LogP contribution in [-0.2, 0) is 23.6 Å². The maximum Gasteiger partial charge on any atom is 0.481 e. The molecule has 3 amide bonds. The molecule has 39 heavy (non-hydrogen) atoms. The predicted molar refractivity (Wildman–Crippen MR) is 152 cm³/mol. The normalized spacial score (nSPS) is 28.7. The van der Waals surface area contributed by atoms with E-state index in [0.717, 1.165) is 32.1 Å². The van der Waals surface area contributed by atoms with Crippen molar-refractivity contribution in [3.8, 4) is 0 Å². The highest BCUT2D eigenvalue weighted by Crippen LogP contribution is 2.65. The summed E-state index contributed by atoms with van der Waals surface area (Å²) < 4.78 is 18.5. The van der Waals surface area contributed by atoms with Gasteiger partial charge in [0.05, 0.1) is 17.6 Å². The molecule has 9 nitrogen and oxygen atoms in total. The lowest BCUT2D eigenvalue weighted by Gasteiger charge is -2.64. The fourth-order valence-corrected chi connectivity index (χ4v) is 6.60. The SMILES string of the molecule is CCCCCC(=O)NC[C@H](NC(=O)OC(C)(C)C)C(=O)N[C@@H](CC(C)C)B1OC2C[C@@H]3C[C@@H](C3(C)C)[C@]2(C)O1. The van der Waals surface area contributed by atoms with Crippen molar-refractivity contribution in [1.82, 2.24) is 16.0 Å². The number of alkyl carbamates (subject to hydrolysis) is 1. The molecular weight excluding hydrogens is 497 g/mol. The molecule has 1 unspecified atom stereocenters. The molecule has 3 aliphatic carbocycles. The Kier molecular flexibility index (Phi) is 10.1. The van der Waals surface area contributed by atoms with E-state index in [9.17, 15) is 14.4 Å². The van der Waals surface area contributed by atoms with Gasteiger partial charge in [-0.15, -0.1) is 0 Å². The Labute approximate surface area is 235 Å². The van der Waals surface area contributed by atoms with Gasteiger partial charge in [0.1, 0.15) is 11.6 Å². The summed E-state index contributed by atoms with van der Waals surface area (Å²) in [5.41, 5.74) is -0.887. The second-order valence-electron chi connectivity index (χ2n) is 14.0. The average molecular weight is 550 g/mol. The third-order valence-corrected chi connectivity index (χ3v) is 8.87. The molecule has 0 aromatic rings. The van der Waals surface area contributed by atoms with E-state index in [4.69, 9.17) is 14.0 Å². The van der Waals surface area contributed by atoms with Gasteiger partial charge in [0.2, 0.25) is 11.8 Å². The van der Waals surface area contributed by atoms with Crippen molar-refractivity contribution in [2.24, 2.45) is 23.2 Å². The first-order valence-electron chi connectivity index (χ1n) is 15.0. The lowest BCUT2D eigenvalue weighted by atomic mass is 9.43. The maximum absolute atomic E-state index is 13.6. The Hall–Kier alpha value is -1.81. The molecular formula is C29H52BN3O6. The van der Waals surface area contributed by atoms with Crippen molar-refractivity contribution in [3.05, 3.63) is 0 Å². The summed E-state index contributed by atoms with van der Waals surface area (Å²) in [6.07, 6.45) is 5.20. The van der Waals surface area contributed by atoms with Crippen LogP contribution in [-0.4, -0.2) is 60.9 Å². The Morgan fingerprint density at radius 3 is 2.36 bits per heavy atom. The standard InChI is InChI=1S/C29H52BN3O6/c1-10-11-12-13-24(34)31-17-20(32-26(36)37-27(4,5)6)25(35)33-23(14-18(2)3)30-38-22-16-19-15-21(28(19,7)8)29(22,9)39-30/h18-23H,10-17H2,1-9H3,(H,31,34)(H,32,36)(H,33,35)/t19-,20-,21-,22?,23-,29-/m0/s1. The number of rotatable bonds is 12. The number of carbonyl (C=O) groups excluding carboxylic acids is 3. The molecule has 1 aliphatic heterocycles. The second-order valence-corrected chi connectivity index (χ2v) is 14.0.